The van der Waals surface area contributed by atoms with Crippen LogP contribution in [0.15, 0.2) is 54.9 Å². The lowest BCUT2D eigenvalue weighted by Gasteiger charge is -2.26. The van der Waals surface area contributed by atoms with Crippen molar-refractivity contribution < 1.29 is 4.74 Å². The average molecular weight is 256 g/mol. The van der Waals surface area contributed by atoms with E-state index >= 15 is 0 Å². The maximum atomic E-state index is 5.68. The van der Waals surface area contributed by atoms with Gasteiger partial charge in [0.1, 0.15) is 0 Å². The molecule has 0 saturated carbocycles. The summed E-state index contributed by atoms with van der Waals surface area (Å²) in [6, 6.07) is 14.6. The van der Waals surface area contributed by atoms with Crippen LogP contribution in [0, 0.1) is 0 Å². The zero-order valence-corrected chi connectivity index (χ0v) is 11.4. The predicted octanol–water partition coefficient (Wildman–Crippen LogP) is 2.60. The van der Waals surface area contributed by atoms with Gasteiger partial charge in [0, 0.05) is 25.5 Å². The van der Waals surface area contributed by atoms with Crippen molar-refractivity contribution in [3.05, 3.63) is 66.0 Å². The van der Waals surface area contributed by atoms with Gasteiger partial charge in [-0.05, 0) is 36.7 Å². The molecule has 0 saturated heterocycles. The van der Waals surface area contributed by atoms with Gasteiger partial charge in [-0.15, -0.1) is 0 Å². The van der Waals surface area contributed by atoms with Crippen LogP contribution in [-0.2, 0) is 11.2 Å². The van der Waals surface area contributed by atoms with Crippen molar-refractivity contribution in [2.24, 2.45) is 0 Å². The number of hydrogen-bond donors (Lipinski definition) is 1. The normalized spacial score (nSPS) is 14.0. The van der Waals surface area contributed by atoms with E-state index in [2.05, 4.69) is 22.4 Å². The lowest BCUT2D eigenvalue weighted by atomic mass is 9.96. The van der Waals surface area contributed by atoms with E-state index in [0.29, 0.717) is 0 Å². The molecule has 2 atom stereocenters. The van der Waals surface area contributed by atoms with Gasteiger partial charge >= 0.3 is 0 Å². The maximum absolute atomic E-state index is 5.68. The summed E-state index contributed by atoms with van der Waals surface area (Å²) in [6.45, 7) is 0. The van der Waals surface area contributed by atoms with E-state index < -0.39 is 0 Å². The van der Waals surface area contributed by atoms with E-state index in [9.17, 15) is 0 Å². The van der Waals surface area contributed by atoms with Crippen molar-refractivity contribution >= 4 is 0 Å². The summed E-state index contributed by atoms with van der Waals surface area (Å²) in [5, 5.41) is 3.35. The van der Waals surface area contributed by atoms with Crippen LogP contribution in [0.4, 0.5) is 0 Å². The molecule has 0 spiro atoms. The van der Waals surface area contributed by atoms with Gasteiger partial charge in [-0.2, -0.15) is 0 Å². The Morgan fingerprint density at radius 2 is 1.79 bits per heavy atom. The molecule has 0 fully saturated rings. The summed E-state index contributed by atoms with van der Waals surface area (Å²) in [7, 11) is 3.73. The summed E-state index contributed by atoms with van der Waals surface area (Å²) in [4.78, 5) is 4.05. The highest BCUT2D eigenvalue weighted by atomic mass is 16.5. The summed E-state index contributed by atoms with van der Waals surface area (Å²) < 4.78 is 5.68. The zero-order chi connectivity index (χ0) is 13.5. The molecule has 0 aliphatic heterocycles. The summed E-state index contributed by atoms with van der Waals surface area (Å²) >= 11 is 0. The second-order valence-electron chi connectivity index (χ2n) is 4.52. The van der Waals surface area contributed by atoms with E-state index in [-0.39, 0.29) is 12.1 Å². The van der Waals surface area contributed by atoms with E-state index in [1.807, 2.05) is 49.8 Å². The number of nitrogens with one attached hydrogen (secondary N) is 1. The molecule has 2 rings (SSSR count). The Bertz CT molecular complexity index is 473. The van der Waals surface area contributed by atoms with Gasteiger partial charge in [-0.3, -0.25) is 4.98 Å². The minimum atomic E-state index is 0.0411. The minimum Gasteiger partial charge on any atom is -0.375 e. The van der Waals surface area contributed by atoms with Gasteiger partial charge < -0.3 is 10.1 Å². The quantitative estimate of drug-likeness (QED) is 0.862. The Kier molecular flexibility index (Phi) is 5.07. The van der Waals surface area contributed by atoms with Crippen molar-refractivity contribution in [2.75, 3.05) is 14.2 Å². The van der Waals surface area contributed by atoms with Crippen LogP contribution in [0.1, 0.15) is 17.2 Å². The van der Waals surface area contributed by atoms with Crippen LogP contribution in [0.3, 0.4) is 0 Å². The number of likely N-dealkylation sites (N-methyl/N-ethyl adjacent to an activating group) is 1. The molecule has 1 aromatic carbocycles. The Labute approximate surface area is 114 Å². The first-order valence-corrected chi connectivity index (χ1v) is 6.49. The standard InChI is InChI=1S/C16H20N2O/c1-17-15(12-13-8-10-18-11-9-13)16(19-2)14-6-4-3-5-7-14/h3-11,15-17H,12H2,1-2H3. The molecule has 2 unspecified atom stereocenters. The van der Waals surface area contributed by atoms with Crippen LogP contribution in [0.2, 0.25) is 0 Å². The third-order valence-corrected chi connectivity index (χ3v) is 3.32. The molecule has 100 valence electrons. The molecule has 1 heterocycles. The van der Waals surface area contributed by atoms with Crippen molar-refractivity contribution in [3.8, 4) is 0 Å². The molecule has 0 aliphatic carbocycles. The topological polar surface area (TPSA) is 34.2 Å². The third-order valence-electron chi connectivity index (χ3n) is 3.32. The fourth-order valence-electron chi connectivity index (χ4n) is 2.31. The molecule has 19 heavy (non-hydrogen) atoms. The molecule has 1 N–H and O–H groups in total. The number of benzene rings is 1. The molecule has 1 aromatic heterocycles. The van der Waals surface area contributed by atoms with E-state index in [1.165, 1.54) is 11.1 Å². The molecule has 0 bridgehead atoms. The Hall–Kier alpha value is -1.71. The van der Waals surface area contributed by atoms with Crippen LogP contribution in [0.25, 0.3) is 0 Å². The van der Waals surface area contributed by atoms with Gasteiger partial charge in [0.15, 0.2) is 0 Å². The molecular weight excluding hydrogens is 236 g/mol. The zero-order valence-electron chi connectivity index (χ0n) is 11.4. The number of rotatable bonds is 6. The monoisotopic (exact) mass is 256 g/mol. The molecule has 0 aliphatic rings. The summed E-state index contributed by atoms with van der Waals surface area (Å²) in [5.41, 5.74) is 2.45. The molecular formula is C16H20N2O. The highest BCUT2D eigenvalue weighted by Crippen LogP contribution is 2.22. The van der Waals surface area contributed by atoms with Gasteiger partial charge in [0.05, 0.1) is 6.10 Å². The first-order valence-electron chi connectivity index (χ1n) is 6.49. The predicted molar refractivity (Wildman–Crippen MR) is 77.0 cm³/mol. The lowest BCUT2D eigenvalue weighted by molar-refractivity contribution is 0.0704. The number of pyridine rings is 1. The fraction of sp³-hybridized carbons (Fsp3) is 0.312. The number of nitrogens with zero attached hydrogens (tertiary/aromatic N) is 1. The van der Waals surface area contributed by atoms with Crippen LogP contribution in [-0.4, -0.2) is 25.2 Å². The molecule has 0 radical (unpaired) electrons. The number of ether oxygens (including phenoxy) is 1. The van der Waals surface area contributed by atoms with Crippen molar-refractivity contribution in [3.63, 3.8) is 0 Å². The van der Waals surface area contributed by atoms with Gasteiger partial charge in [-0.25, -0.2) is 0 Å². The highest BCUT2D eigenvalue weighted by molar-refractivity contribution is 5.21. The van der Waals surface area contributed by atoms with Crippen molar-refractivity contribution in [1.29, 1.82) is 0 Å². The summed E-state index contributed by atoms with van der Waals surface area (Å²) in [6.07, 6.45) is 4.60. The number of hydrogen-bond acceptors (Lipinski definition) is 3. The lowest BCUT2D eigenvalue weighted by Crippen LogP contribution is -2.35. The first kappa shape index (κ1) is 13.7. The van der Waals surface area contributed by atoms with Gasteiger partial charge in [0.2, 0.25) is 0 Å². The van der Waals surface area contributed by atoms with Crippen LogP contribution >= 0.6 is 0 Å². The van der Waals surface area contributed by atoms with Crippen LogP contribution < -0.4 is 5.32 Å². The van der Waals surface area contributed by atoms with Gasteiger partial charge in [0.25, 0.3) is 0 Å². The second kappa shape index (κ2) is 7.02. The van der Waals surface area contributed by atoms with Crippen molar-refractivity contribution in [2.45, 2.75) is 18.6 Å². The Balaban J connectivity index is 2.15. The second-order valence-corrected chi connectivity index (χ2v) is 4.52. The first-order chi connectivity index (χ1) is 9.35. The number of methoxy groups -OCH3 is 1. The van der Waals surface area contributed by atoms with Gasteiger partial charge in [-0.1, -0.05) is 30.3 Å². The maximum Gasteiger partial charge on any atom is 0.0977 e. The molecule has 0 amide bonds. The average Bonchev–Trinajstić information content (AvgIpc) is 2.49. The van der Waals surface area contributed by atoms with E-state index in [4.69, 9.17) is 4.74 Å². The Morgan fingerprint density at radius 1 is 1.11 bits per heavy atom. The van der Waals surface area contributed by atoms with E-state index in [0.717, 1.165) is 6.42 Å². The largest absolute Gasteiger partial charge is 0.375 e. The molecule has 2 aromatic rings. The fourth-order valence-corrected chi connectivity index (χ4v) is 2.31. The third kappa shape index (κ3) is 3.63. The Morgan fingerprint density at radius 3 is 2.37 bits per heavy atom. The summed E-state index contributed by atoms with van der Waals surface area (Å²) in [5.74, 6) is 0. The molecule has 3 nitrogen and oxygen atoms in total. The van der Waals surface area contributed by atoms with Crippen molar-refractivity contribution in [1.82, 2.24) is 10.3 Å². The highest BCUT2D eigenvalue weighted by Gasteiger charge is 2.21. The van der Waals surface area contributed by atoms with Crippen LogP contribution in [0.5, 0.6) is 0 Å². The minimum absolute atomic E-state index is 0.0411. The number of aromatic nitrogens is 1. The van der Waals surface area contributed by atoms with E-state index in [1.54, 1.807) is 7.11 Å². The SMILES string of the molecule is CNC(Cc1ccncc1)C(OC)c1ccccc1. The molecule has 3 heteroatoms. The smallest absolute Gasteiger partial charge is 0.0977 e.